The molecule has 2 heterocycles. The molecule has 1 aromatic rings. The number of nitrogens with zero attached hydrogens (tertiary/aromatic N) is 2. The molecule has 110 valence electrons. The van der Waals surface area contributed by atoms with Gasteiger partial charge < -0.3 is 9.88 Å². The number of sulfonamides is 1. The molecule has 2 aliphatic rings. The van der Waals surface area contributed by atoms with Crippen LogP contribution in [-0.2, 0) is 10.0 Å². The minimum absolute atomic E-state index is 0.137. The summed E-state index contributed by atoms with van der Waals surface area (Å²) in [5, 5.41) is -0.227. The molecular formula is C12H18N4O3S. The van der Waals surface area contributed by atoms with Gasteiger partial charge in [0.05, 0.1) is 5.25 Å². The molecule has 1 saturated heterocycles. The summed E-state index contributed by atoms with van der Waals surface area (Å²) in [5.41, 5.74) is -0.241. The van der Waals surface area contributed by atoms with Gasteiger partial charge in [-0.15, -0.1) is 0 Å². The second-order valence-corrected chi connectivity index (χ2v) is 7.38. The fraction of sp³-hybridized carbons (Fsp3) is 0.667. The molecule has 1 aliphatic carbocycles. The van der Waals surface area contributed by atoms with Crippen LogP contribution in [0.15, 0.2) is 17.2 Å². The smallest absolute Gasteiger partial charge is 0.290 e. The molecule has 7 nitrogen and oxygen atoms in total. The van der Waals surface area contributed by atoms with Gasteiger partial charge >= 0.3 is 0 Å². The van der Waals surface area contributed by atoms with Crippen molar-refractivity contribution in [3.05, 3.63) is 22.7 Å². The number of aromatic nitrogens is 2. The summed E-state index contributed by atoms with van der Waals surface area (Å²) in [6.07, 6.45) is 6.21. The Hall–Kier alpha value is -1.41. The number of H-pyrrole nitrogens is 1. The van der Waals surface area contributed by atoms with Gasteiger partial charge in [0.1, 0.15) is 0 Å². The Kier molecular flexibility index (Phi) is 3.51. The highest BCUT2D eigenvalue weighted by atomic mass is 32.2. The van der Waals surface area contributed by atoms with Gasteiger partial charge in [0, 0.05) is 31.5 Å². The minimum atomic E-state index is -3.21. The second kappa shape index (κ2) is 5.17. The molecule has 2 fully saturated rings. The Bertz CT molecular complexity index is 638. The summed E-state index contributed by atoms with van der Waals surface area (Å²) in [7, 11) is -3.21. The summed E-state index contributed by atoms with van der Waals surface area (Å²) >= 11 is 0. The van der Waals surface area contributed by atoms with E-state index in [1.165, 1.54) is 12.4 Å². The van der Waals surface area contributed by atoms with Crippen LogP contribution in [0.4, 0.5) is 5.82 Å². The number of hydrogen-bond acceptors (Lipinski definition) is 5. The number of rotatable bonds is 4. The Morgan fingerprint density at radius 2 is 2.15 bits per heavy atom. The van der Waals surface area contributed by atoms with Crippen LogP contribution in [0.25, 0.3) is 0 Å². The van der Waals surface area contributed by atoms with Crippen molar-refractivity contribution in [1.82, 2.24) is 14.7 Å². The normalized spacial score (nSPS) is 23.8. The maximum atomic E-state index is 12.1. The van der Waals surface area contributed by atoms with E-state index in [-0.39, 0.29) is 16.9 Å². The predicted molar refractivity (Wildman–Crippen MR) is 75.2 cm³/mol. The first-order chi connectivity index (χ1) is 9.56. The summed E-state index contributed by atoms with van der Waals surface area (Å²) in [6.45, 7) is 1.13. The number of anilines is 1. The lowest BCUT2D eigenvalue weighted by Crippen LogP contribution is -2.45. The van der Waals surface area contributed by atoms with E-state index in [4.69, 9.17) is 0 Å². The van der Waals surface area contributed by atoms with Crippen LogP contribution in [0.2, 0.25) is 0 Å². The molecule has 0 bridgehead atoms. The SMILES string of the molecule is O=c1[nH]ccnc1N1CCC(NS(=O)(=O)C2CCC2)C1. The van der Waals surface area contributed by atoms with E-state index in [9.17, 15) is 13.2 Å². The molecule has 0 amide bonds. The zero-order chi connectivity index (χ0) is 14.2. The van der Waals surface area contributed by atoms with Crippen LogP contribution in [0.5, 0.6) is 0 Å². The van der Waals surface area contributed by atoms with Gasteiger partial charge in [0.2, 0.25) is 10.0 Å². The van der Waals surface area contributed by atoms with Crippen molar-refractivity contribution in [2.24, 2.45) is 0 Å². The average molecular weight is 298 g/mol. The van der Waals surface area contributed by atoms with E-state index < -0.39 is 10.0 Å². The van der Waals surface area contributed by atoms with Gasteiger partial charge in [-0.3, -0.25) is 4.79 Å². The lowest BCUT2D eigenvalue weighted by Gasteiger charge is -2.27. The first-order valence-electron chi connectivity index (χ1n) is 6.86. The average Bonchev–Trinajstić information content (AvgIpc) is 2.74. The van der Waals surface area contributed by atoms with E-state index in [0.29, 0.717) is 25.3 Å². The van der Waals surface area contributed by atoms with Crippen LogP contribution in [0, 0.1) is 0 Å². The molecule has 1 unspecified atom stereocenters. The van der Waals surface area contributed by atoms with E-state index in [1.807, 2.05) is 4.90 Å². The lowest BCUT2D eigenvalue weighted by atomic mass is 10.0. The molecule has 1 atom stereocenters. The van der Waals surface area contributed by atoms with Crippen LogP contribution in [0.1, 0.15) is 25.7 Å². The van der Waals surface area contributed by atoms with Crippen LogP contribution < -0.4 is 15.2 Å². The molecule has 1 saturated carbocycles. The molecule has 0 radical (unpaired) electrons. The highest BCUT2D eigenvalue weighted by Crippen LogP contribution is 2.26. The first kappa shape index (κ1) is 13.6. The predicted octanol–water partition coefficient (Wildman–Crippen LogP) is -0.179. The molecule has 8 heteroatoms. The quantitative estimate of drug-likeness (QED) is 0.804. The van der Waals surface area contributed by atoms with Gasteiger partial charge in [-0.1, -0.05) is 6.42 Å². The molecule has 0 aromatic carbocycles. The van der Waals surface area contributed by atoms with Crippen molar-refractivity contribution in [2.45, 2.75) is 37.0 Å². The molecule has 1 aliphatic heterocycles. The maximum Gasteiger partial charge on any atom is 0.290 e. The van der Waals surface area contributed by atoms with Gasteiger partial charge in [-0.2, -0.15) is 0 Å². The molecule has 20 heavy (non-hydrogen) atoms. The summed E-state index contributed by atoms with van der Waals surface area (Å²) in [6, 6.07) is -0.137. The molecular weight excluding hydrogens is 280 g/mol. The van der Waals surface area contributed by atoms with Crippen LogP contribution in [-0.4, -0.2) is 42.8 Å². The van der Waals surface area contributed by atoms with Crippen LogP contribution >= 0.6 is 0 Å². The largest absolute Gasteiger partial charge is 0.350 e. The third kappa shape index (κ3) is 2.57. The van der Waals surface area contributed by atoms with E-state index in [0.717, 1.165) is 19.3 Å². The molecule has 3 rings (SSSR count). The maximum absolute atomic E-state index is 12.1. The lowest BCUT2D eigenvalue weighted by molar-refractivity contribution is 0.463. The van der Waals surface area contributed by atoms with Crippen molar-refractivity contribution in [3.63, 3.8) is 0 Å². The Morgan fingerprint density at radius 3 is 2.80 bits per heavy atom. The topological polar surface area (TPSA) is 95.2 Å². The van der Waals surface area contributed by atoms with Crippen molar-refractivity contribution in [1.29, 1.82) is 0 Å². The summed E-state index contributed by atoms with van der Waals surface area (Å²) in [4.78, 5) is 20.1. The summed E-state index contributed by atoms with van der Waals surface area (Å²) in [5.74, 6) is 0.359. The standard InChI is InChI=1S/C12H18N4O3S/c17-12-11(13-5-6-14-12)16-7-4-9(8-16)15-20(18,19)10-2-1-3-10/h5-6,9-10,15H,1-4,7-8H2,(H,14,17). The van der Waals surface area contributed by atoms with Crippen molar-refractivity contribution < 1.29 is 8.42 Å². The molecule has 2 N–H and O–H groups in total. The van der Waals surface area contributed by atoms with Crippen molar-refractivity contribution >= 4 is 15.8 Å². The number of aromatic amines is 1. The molecule has 1 aromatic heterocycles. The van der Waals surface area contributed by atoms with Gasteiger partial charge in [-0.25, -0.2) is 18.1 Å². The van der Waals surface area contributed by atoms with Crippen molar-refractivity contribution in [3.8, 4) is 0 Å². The Labute approximate surface area is 117 Å². The fourth-order valence-corrected chi connectivity index (χ4v) is 4.43. The zero-order valence-corrected chi connectivity index (χ0v) is 11.9. The Morgan fingerprint density at radius 1 is 1.35 bits per heavy atom. The second-order valence-electron chi connectivity index (χ2n) is 5.39. The fourth-order valence-electron chi connectivity index (χ4n) is 2.63. The van der Waals surface area contributed by atoms with Gasteiger partial charge in [0.15, 0.2) is 5.82 Å². The van der Waals surface area contributed by atoms with E-state index >= 15 is 0 Å². The van der Waals surface area contributed by atoms with Gasteiger partial charge in [-0.05, 0) is 19.3 Å². The third-order valence-corrected chi connectivity index (χ3v) is 6.01. The summed E-state index contributed by atoms with van der Waals surface area (Å²) < 4.78 is 26.9. The van der Waals surface area contributed by atoms with E-state index in [1.54, 1.807) is 0 Å². The monoisotopic (exact) mass is 298 g/mol. The number of nitrogens with one attached hydrogen (secondary N) is 2. The van der Waals surface area contributed by atoms with E-state index in [2.05, 4.69) is 14.7 Å². The third-order valence-electron chi connectivity index (χ3n) is 4.00. The number of hydrogen-bond donors (Lipinski definition) is 2. The molecule has 0 spiro atoms. The van der Waals surface area contributed by atoms with Crippen molar-refractivity contribution in [2.75, 3.05) is 18.0 Å². The zero-order valence-electron chi connectivity index (χ0n) is 11.1. The van der Waals surface area contributed by atoms with Crippen LogP contribution in [0.3, 0.4) is 0 Å². The highest BCUT2D eigenvalue weighted by Gasteiger charge is 2.35. The highest BCUT2D eigenvalue weighted by molar-refractivity contribution is 7.90. The minimum Gasteiger partial charge on any atom is -0.350 e. The Balaban J connectivity index is 1.65. The van der Waals surface area contributed by atoms with Gasteiger partial charge in [0.25, 0.3) is 5.56 Å². The first-order valence-corrected chi connectivity index (χ1v) is 8.41.